The Morgan fingerprint density at radius 3 is 2.65 bits per heavy atom. The number of ether oxygens (including phenoxy) is 1. The van der Waals surface area contributed by atoms with Gasteiger partial charge in [0, 0.05) is 22.3 Å². The summed E-state index contributed by atoms with van der Waals surface area (Å²) in [7, 11) is 1.60. The topological polar surface area (TPSA) is 34.1 Å². The highest BCUT2D eigenvalue weighted by molar-refractivity contribution is 8.00. The first-order valence-corrected chi connectivity index (χ1v) is 10.4. The van der Waals surface area contributed by atoms with Crippen LogP contribution >= 0.6 is 23.4 Å². The molecule has 2 aliphatic rings. The van der Waals surface area contributed by atoms with Crippen LogP contribution in [0.1, 0.15) is 30.5 Å². The standard InChI is InChI=1S/C21H23ClN2OS/c1-25-21-19(22)8-9-20(24-21)18(12-14-10-11-23-13-14)15-2-4-16(5-3-15)26-17-6-7-17/h2-5,8-9,12,14,17,23H,6-7,10-11,13H2,1H3/b18-12-/t14-/m1/s1. The van der Waals surface area contributed by atoms with Crippen LogP contribution in [0.25, 0.3) is 5.57 Å². The Labute approximate surface area is 164 Å². The number of pyridine rings is 1. The third-order valence-electron chi connectivity index (χ3n) is 4.78. The van der Waals surface area contributed by atoms with Crippen molar-refractivity contribution in [3.63, 3.8) is 0 Å². The lowest BCUT2D eigenvalue weighted by atomic mass is 9.96. The van der Waals surface area contributed by atoms with E-state index in [9.17, 15) is 0 Å². The fourth-order valence-electron chi connectivity index (χ4n) is 3.19. The highest BCUT2D eigenvalue weighted by Gasteiger charge is 2.22. The molecule has 1 aromatic carbocycles. The van der Waals surface area contributed by atoms with Gasteiger partial charge in [-0.1, -0.05) is 29.8 Å². The molecule has 1 aliphatic carbocycles. The Hall–Kier alpha value is -1.49. The van der Waals surface area contributed by atoms with E-state index >= 15 is 0 Å². The van der Waals surface area contributed by atoms with E-state index in [0.29, 0.717) is 16.8 Å². The van der Waals surface area contributed by atoms with Gasteiger partial charge in [-0.25, -0.2) is 4.98 Å². The number of hydrogen-bond donors (Lipinski definition) is 1. The number of hydrogen-bond acceptors (Lipinski definition) is 4. The number of nitrogens with zero attached hydrogens (tertiary/aromatic N) is 1. The van der Waals surface area contributed by atoms with E-state index in [4.69, 9.17) is 16.3 Å². The van der Waals surface area contributed by atoms with Crippen molar-refractivity contribution in [2.75, 3.05) is 20.2 Å². The zero-order chi connectivity index (χ0) is 17.9. The van der Waals surface area contributed by atoms with Gasteiger partial charge in [0.1, 0.15) is 5.02 Å². The molecule has 5 heteroatoms. The normalized spacial score (nSPS) is 20.4. The van der Waals surface area contributed by atoms with Gasteiger partial charge in [-0.2, -0.15) is 0 Å². The molecule has 2 heterocycles. The molecule has 26 heavy (non-hydrogen) atoms. The summed E-state index contributed by atoms with van der Waals surface area (Å²) >= 11 is 8.16. The van der Waals surface area contributed by atoms with Crippen LogP contribution in [-0.4, -0.2) is 30.4 Å². The van der Waals surface area contributed by atoms with E-state index in [0.717, 1.165) is 36.0 Å². The van der Waals surface area contributed by atoms with E-state index in [2.05, 4.69) is 40.6 Å². The van der Waals surface area contributed by atoms with Crippen molar-refractivity contribution in [3.05, 3.63) is 58.8 Å². The lowest BCUT2D eigenvalue weighted by molar-refractivity contribution is 0.398. The minimum atomic E-state index is 0.473. The van der Waals surface area contributed by atoms with Gasteiger partial charge in [0.05, 0.1) is 12.8 Å². The van der Waals surface area contributed by atoms with E-state index in [-0.39, 0.29) is 0 Å². The molecule has 1 aromatic heterocycles. The molecule has 1 atom stereocenters. The molecule has 0 amide bonds. The van der Waals surface area contributed by atoms with E-state index < -0.39 is 0 Å². The molecule has 0 radical (unpaired) electrons. The summed E-state index contributed by atoms with van der Waals surface area (Å²) in [6, 6.07) is 12.7. The van der Waals surface area contributed by atoms with Crippen LogP contribution in [0, 0.1) is 5.92 Å². The van der Waals surface area contributed by atoms with Crippen molar-refractivity contribution in [1.29, 1.82) is 0 Å². The van der Waals surface area contributed by atoms with E-state index in [1.807, 2.05) is 23.9 Å². The Kier molecular flexibility index (Phi) is 5.53. The molecular formula is C21H23ClN2OS. The molecule has 2 fully saturated rings. The van der Waals surface area contributed by atoms with Crippen molar-refractivity contribution in [2.45, 2.75) is 29.4 Å². The Balaban J connectivity index is 1.68. The van der Waals surface area contributed by atoms with Crippen LogP contribution in [0.15, 0.2) is 47.4 Å². The molecule has 1 aliphatic heterocycles. The second kappa shape index (κ2) is 8.03. The third-order valence-corrected chi connectivity index (χ3v) is 6.41. The molecule has 3 nitrogen and oxygen atoms in total. The van der Waals surface area contributed by atoms with Crippen molar-refractivity contribution in [1.82, 2.24) is 10.3 Å². The molecule has 0 bridgehead atoms. The summed E-state index contributed by atoms with van der Waals surface area (Å²) in [5.41, 5.74) is 3.24. The monoisotopic (exact) mass is 386 g/mol. The second-order valence-corrected chi connectivity index (χ2v) is 8.64. The van der Waals surface area contributed by atoms with Crippen LogP contribution in [-0.2, 0) is 0 Å². The zero-order valence-corrected chi connectivity index (χ0v) is 16.4. The first-order chi connectivity index (χ1) is 12.7. The summed E-state index contributed by atoms with van der Waals surface area (Å²) in [6.07, 6.45) is 6.20. The predicted molar refractivity (Wildman–Crippen MR) is 109 cm³/mol. The van der Waals surface area contributed by atoms with Crippen LogP contribution < -0.4 is 10.1 Å². The maximum Gasteiger partial charge on any atom is 0.232 e. The SMILES string of the molecule is COc1nc(/C(=C\[C@H]2CCNC2)c2ccc(SC3CC3)cc2)ccc1Cl. The molecular weight excluding hydrogens is 364 g/mol. The van der Waals surface area contributed by atoms with Crippen molar-refractivity contribution in [2.24, 2.45) is 5.92 Å². The summed E-state index contributed by atoms with van der Waals surface area (Å²) < 4.78 is 5.33. The fraction of sp³-hybridized carbons (Fsp3) is 0.381. The number of methoxy groups -OCH3 is 1. The summed E-state index contributed by atoms with van der Waals surface area (Å²) in [5, 5.41) is 4.79. The third kappa shape index (κ3) is 4.25. The highest BCUT2D eigenvalue weighted by Crippen LogP contribution is 2.39. The van der Waals surface area contributed by atoms with Crippen molar-refractivity contribution >= 4 is 28.9 Å². The second-order valence-electron chi connectivity index (χ2n) is 6.86. The number of benzene rings is 1. The number of rotatable bonds is 6. The average molecular weight is 387 g/mol. The van der Waals surface area contributed by atoms with Crippen LogP contribution in [0.2, 0.25) is 5.02 Å². The first-order valence-electron chi connectivity index (χ1n) is 9.13. The minimum Gasteiger partial charge on any atom is -0.480 e. The lowest BCUT2D eigenvalue weighted by Crippen LogP contribution is -2.08. The predicted octanol–water partition coefficient (Wildman–Crippen LogP) is 5.04. The molecule has 136 valence electrons. The Morgan fingerprint density at radius 1 is 1.19 bits per heavy atom. The highest BCUT2D eigenvalue weighted by atomic mass is 35.5. The maximum atomic E-state index is 6.17. The van der Waals surface area contributed by atoms with Gasteiger partial charge < -0.3 is 10.1 Å². The van der Waals surface area contributed by atoms with Crippen LogP contribution in [0.5, 0.6) is 5.88 Å². The van der Waals surface area contributed by atoms with Gasteiger partial charge in [-0.05, 0) is 61.6 Å². The number of aromatic nitrogens is 1. The van der Waals surface area contributed by atoms with E-state index in [1.54, 1.807) is 7.11 Å². The Morgan fingerprint density at radius 2 is 2.00 bits per heavy atom. The molecule has 4 rings (SSSR count). The van der Waals surface area contributed by atoms with Gasteiger partial charge in [0.25, 0.3) is 0 Å². The maximum absolute atomic E-state index is 6.17. The molecule has 1 N–H and O–H groups in total. The number of thioether (sulfide) groups is 1. The van der Waals surface area contributed by atoms with Crippen molar-refractivity contribution < 1.29 is 4.74 Å². The molecule has 1 saturated carbocycles. The van der Waals surface area contributed by atoms with Gasteiger partial charge >= 0.3 is 0 Å². The van der Waals surface area contributed by atoms with E-state index in [1.165, 1.54) is 23.3 Å². The van der Waals surface area contributed by atoms with Gasteiger partial charge in [-0.15, -0.1) is 11.8 Å². The molecule has 0 spiro atoms. The Bertz CT molecular complexity index is 796. The largest absolute Gasteiger partial charge is 0.480 e. The molecule has 0 unspecified atom stereocenters. The van der Waals surface area contributed by atoms with Gasteiger partial charge in [0.15, 0.2) is 0 Å². The summed E-state index contributed by atoms with van der Waals surface area (Å²) in [5.74, 6) is 0.995. The minimum absolute atomic E-state index is 0.473. The molecule has 2 aromatic rings. The van der Waals surface area contributed by atoms with Gasteiger partial charge in [0.2, 0.25) is 5.88 Å². The lowest BCUT2D eigenvalue weighted by Gasteiger charge is -2.13. The smallest absolute Gasteiger partial charge is 0.232 e. The first kappa shape index (κ1) is 17.9. The van der Waals surface area contributed by atoms with Crippen LogP contribution in [0.4, 0.5) is 0 Å². The molecule has 1 saturated heterocycles. The van der Waals surface area contributed by atoms with Crippen LogP contribution in [0.3, 0.4) is 0 Å². The summed E-state index contributed by atoms with van der Waals surface area (Å²) in [4.78, 5) is 5.99. The number of nitrogens with one attached hydrogen (secondary N) is 1. The quantitative estimate of drug-likeness (QED) is 0.754. The summed E-state index contributed by atoms with van der Waals surface area (Å²) in [6.45, 7) is 2.09. The average Bonchev–Trinajstić information content (AvgIpc) is 3.33. The van der Waals surface area contributed by atoms with Crippen molar-refractivity contribution in [3.8, 4) is 5.88 Å². The zero-order valence-electron chi connectivity index (χ0n) is 14.9. The van der Waals surface area contributed by atoms with Gasteiger partial charge in [-0.3, -0.25) is 0 Å². The fourth-order valence-corrected chi connectivity index (χ4v) is 4.42. The number of halogens is 1.